The number of anilines is 1. The van der Waals surface area contributed by atoms with E-state index in [4.69, 9.17) is 0 Å². The molecule has 2 N–H and O–H groups in total. The van der Waals surface area contributed by atoms with Crippen LogP contribution in [-0.4, -0.2) is 36.3 Å². The number of carbonyl (C=O) groups excluding carboxylic acids is 1. The third kappa shape index (κ3) is 3.03. The average molecular weight is 297 g/mol. The second-order valence-electron chi connectivity index (χ2n) is 4.41. The van der Waals surface area contributed by atoms with Gasteiger partial charge in [0.15, 0.2) is 0 Å². The Morgan fingerprint density at radius 1 is 1.23 bits per heavy atom. The van der Waals surface area contributed by atoms with E-state index in [1.165, 1.54) is 17.1 Å². The number of carbonyl (C=O) groups is 1. The highest BCUT2D eigenvalue weighted by atomic mass is 16.2. The number of hydrogen-bond acceptors (Lipinski definition) is 6. The molecule has 0 aliphatic rings. The summed E-state index contributed by atoms with van der Waals surface area (Å²) in [5.74, 6) is -0.274. The molecule has 0 bridgehead atoms. The molecule has 0 saturated heterocycles. The highest BCUT2D eigenvalue weighted by Crippen LogP contribution is 2.25. The molecule has 9 nitrogen and oxygen atoms in total. The average Bonchev–Trinajstić information content (AvgIpc) is 3.01. The van der Waals surface area contributed by atoms with E-state index < -0.39 is 0 Å². The first-order valence-corrected chi connectivity index (χ1v) is 6.38. The van der Waals surface area contributed by atoms with Gasteiger partial charge in [-0.3, -0.25) is 9.59 Å². The van der Waals surface area contributed by atoms with Crippen molar-refractivity contribution < 1.29 is 4.79 Å². The molecule has 0 saturated carbocycles. The van der Waals surface area contributed by atoms with Gasteiger partial charge in [0, 0.05) is 11.6 Å². The summed E-state index contributed by atoms with van der Waals surface area (Å²) in [6.07, 6.45) is 1.36. The summed E-state index contributed by atoms with van der Waals surface area (Å²) in [5, 5.41) is 19.7. The summed E-state index contributed by atoms with van der Waals surface area (Å²) in [6.45, 7) is 0.000383. The van der Waals surface area contributed by atoms with Crippen molar-refractivity contribution in [3.63, 3.8) is 0 Å². The van der Waals surface area contributed by atoms with E-state index >= 15 is 0 Å². The number of tetrazole rings is 1. The number of benzene rings is 1. The first-order chi connectivity index (χ1) is 10.7. The molecular weight excluding hydrogens is 286 g/mol. The Morgan fingerprint density at radius 2 is 2.09 bits per heavy atom. The third-order valence-corrected chi connectivity index (χ3v) is 2.85. The van der Waals surface area contributed by atoms with E-state index in [2.05, 4.69) is 31.0 Å². The Kier molecular flexibility index (Phi) is 3.69. The first-order valence-electron chi connectivity index (χ1n) is 6.38. The smallest absolute Gasteiger partial charge is 0.264 e. The molecule has 2 heterocycles. The van der Waals surface area contributed by atoms with Crippen molar-refractivity contribution in [1.82, 2.24) is 30.4 Å². The van der Waals surface area contributed by atoms with Crippen LogP contribution < -0.4 is 10.9 Å². The second-order valence-corrected chi connectivity index (χ2v) is 4.41. The number of nitrogens with zero attached hydrogens (tertiary/aromatic N) is 5. The van der Waals surface area contributed by atoms with Gasteiger partial charge in [0.1, 0.15) is 12.9 Å². The van der Waals surface area contributed by atoms with Crippen LogP contribution in [0.3, 0.4) is 0 Å². The van der Waals surface area contributed by atoms with E-state index in [9.17, 15) is 9.59 Å². The highest BCUT2D eigenvalue weighted by molar-refractivity contribution is 5.94. The molecule has 0 spiro atoms. The summed E-state index contributed by atoms with van der Waals surface area (Å²) >= 11 is 0. The lowest BCUT2D eigenvalue weighted by Crippen LogP contribution is -2.19. The monoisotopic (exact) mass is 297 g/mol. The molecule has 1 aromatic carbocycles. The largest absolute Gasteiger partial charge is 0.324 e. The van der Waals surface area contributed by atoms with Gasteiger partial charge in [-0.1, -0.05) is 18.2 Å². The van der Waals surface area contributed by atoms with Crippen LogP contribution in [0, 0.1) is 0 Å². The molecule has 0 fully saturated rings. The Labute approximate surface area is 124 Å². The van der Waals surface area contributed by atoms with Gasteiger partial charge in [-0.25, -0.2) is 9.78 Å². The van der Waals surface area contributed by atoms with Gasteiger partial charge in [-0.05, 0) is 22.6 Å². The van der Waals surface area contributed by atoms with Crippen molar-refractivity contribution in [1.29, 1.82) is 0 Å². The number of nitrogens with one attached hydrogen (secondary N) is 2. The van der Waals surface area contributed by atoms with Crippen molar-refractivity contribution in [2.75, 3.05) is 5.32 Å². The lowest BCUT2D eigenvalue weighted by molar-refractivity contribution is -0.116. The van der Waals surface area contributed by atoms with Crippen LogP contribution in [0.25, 0.3) is 11.3 Å². The predicted octanol–water partition coefficient (Wildman–Crippen LogP) is 0.0621. The van der Waals surface area contributed by atoms with Crippen molar-refractivity contribution in [2.24, 2.45) is 0 Å². The third-order valence-electron chi connectivity index (χ3n) is 2.85. The molecule has 0 atom stereocenters. The van der Waals surface area contributed by atoms with Crippen LogP contribution in [0.15, 0.2) is 47.5 Å². The fraction of sp³-hybridized carbons (Fsp3) is 0.0769. The minimum atomic E-state index is -0.288. The molecule has 22 heavy (non-hydrogen) atoms. The van der Waals surface area contributed by atoms with Crippen LogP contribution in [0.5, 0.6) is 0 Å². The quantitative estimate of drug-likeness (QED) is 0.703. The SMILES string of the molecule is O=C(Cn1cnnn1)Nc1ccccc1-c1ccc(=O)[nH]n1. The van der Waals surface area contributed by atoms with Crippen LogP contribution in [-0.2, 0) is 11.3 Å². The molecule has 0 aliphatic carbocycles. The standard InChI is InChI=1S/C13H11N7O2/c21-12-6-5-11(16-17-12)9-3-1-2-4-10(9)15-13(22)7-20-8-14-18-19-20/h1-6,8H,7H2,(H,15,22)(H,17,21). The summed E-state index contributed by atoms with van der Waals surface area (Å²) < 4.78 is 1.32. The normalized spacial score (nSPS) is 10.4. The van der Waals surface area contributed by atoms with Gasteiger partial charge in [0.2, 0.25) is 5.91 Å². The Balaban J connectivity index is 1.83. The molecule has 0 aliphatic heterocycles. The summed E-state index contributed by atoms with van der Waals surface area (Å²) in [6, 6.07) is 10.1. The second kappa shape index (κ2) is 5.95. The van der Waals surface area contributed by atoms with Gasteiger partial charge < -0.3 is 5.32 Å². The van der Waals surface area contributed by atoms with Crippen LogP contribution in [0.4, 0.5) is 5.69 Å². The molecule has 9 heteroatoms. The number of rotatable bonds is 4. The molecule has 0 radical (unpaired) electrons. The zero-order valence-corrected chi connectivity index (χ0v) is 11.3. The number of aromatic amines is 1. The highest BCUT2D eigenvalue weighted by Gasteiger charge is 2.10. The fourth-order valence-electron chi connectivity index (χ4n) is 1.90. The molecule has 1 amide bonds. The number of aromatic nitrogens is 6. The number of hydrogen-bond donors (Lipinski definition) is 2. The summed E-state index contributed by atoms with van der Waals surface area (Å²) in [5.41, 5.74) is 1.55. The fourth-order valence-corrected chi connectivity index (χ4v) is 1.90. The number of amides is 1. The van der Waals surface area contributed by atoms with E-state index in [-0.39, 0.29) is 18.0 Å². The molecule has 110 valence electrons. The Hall–Kier alpha value is -3.36. The predicted molar refractivity (Wildman–Crippen MR) is 76.7 cm³/mol. The zero-order valence-electron chi connectivity index (χ0n) is 11.3. The maximum Gasteiger partial charge on any atom is 0.264 e. The minimum Gasteiger partial charge on any atom is -0.324 e. The minimum absolute atomic E-state index is 0.000383. The van der Waals surface area contributed by atoms with Crippen LogP contribution in [0.1, 0.15) is 0 Å². The molecule has 3 aromatic rings. The van der Waals surface area contributed by atoms with Gasteiger partial charge >= 0.3 is 0 Å². The Bertz CT molecular complexity index is 821. The van der Waals surface area contributed by atoms with Crippen LogP contribution in [0.2, 0.25) is 0 Å². The van der Waals surface area contributed by atoms with Gasteiger partial charge in [-0.2, -0.15) is 5.10 Å². The maximum atomic E-state index is 12.0. The molecule has 0 unspecified atom stereocenters. The van der Waals surface area contributed by atoms with Crippen molar-refractivity contribution in [3.05, 3.63) is 53.1 Å². The van der Waals surface area contributed by atoms with Crippen molar-refractivity contribution in [3.8, 4) is 11.3 Å². The van der Waals surface area contributed by atoms with Crippen LogP contribution >= 0.6 is 0 Å². The van der Waals surface area contributed by atoms with E-state index in [0.717, 1.165) is 0 Å². The maximum absolute atomic E-state index is 12.0. The number of H-pyrrole nitrogens is 1. The van der Waals surface area contributed by atoms with Gasteiger partial charge in [0.25, 0.3) is 5.56 Å². The molecule has 2 aromatic heterocycles. The number of para-hydroxylation sites is 1. The molecular formula is C13H11N7O2. The lowest BCUT2D eigenvalue weighted by Gasteiger charge is -2.10. The van der Waals surface area contributed by atoms with Crippen molar-refractivity contribution in [2.45, 2.75) is 6.54 Å². The Morgan fingerprint density at radius 3 is 2.82 bits per heavy atom. The lowest BCUT2D eigenvalue weighted by atomic mass is 10.1. The first kappa shape index (κ1) is 13.6. The van der Waals surface area contributed by atoms with E-state index in [1.807, 2.05) is 6.07 Å². The van der Waals surface area contributed by atoms with Crippen molar-refractivity contribution >= 4 is 11.6 Å². The van der Waals surface area contributed by atoms with Gasteiger partial charge in [0.05, 0.1) is 11.4 Å². The summed E-state index contributed by atoms with van der Waals surface area (Å²) in [7, 11) is 0. The van der Waals surface area contributed by atoms with E-state index in [1.54, 1.807) is 24.3 Å². The molecule has 3 rings (SSSR count). The zero-order chi connectivity index (χ0) is 15.4. The van der Waals surface area contributed by atoms with E-state index in [0.29, 0.717) is 16.9 Å². The summed E-state index contributed by atoms with van der Waals surface area (Å²) in [4.78, 5) is 23.1. The topological polar surface area (TPSA) is 118 Å². The van der Waals surface area contributed by atoms with Gasteiger partial charge in [-0.15, -0.1) is 5.10 Å².